The molecule has 1 fully saturated rings. The number of amides is 2. The van der Waals surface area contributed by atoms with Crippen molar-refractivity contribution >= 4 is 46.4 Å². The summed E-state index contributed by atoms with van der Waals surface area (Å²) < 4.78 is 15.8. The van der Waals surface area contributed by atoms with Crippen LogP contribution in [0, 0.1) is 0 Å². The van der Waals surface area contributed by atoms with Crippen LogP contribution in [0.5, 0.6) is 5.75 Å². The van der Waals surface area contributed by atoms with Gasteiger partial charge in [-0.15, -0.1) is 5.01 Å². The first-order valence-electron chi connectivity index (χ1n) is 11.6. The number of para-hydroxylation sites is 1. The highest BCUT2D eigenvalue weighted by Gasteiger charge is 2.32. The molecule has 0 unspecified atom stereocenters. The monoisotopic (exact) mass is 521 g/mol. The van der Waals surface area contributed by atoms with Crippen LogP contribution in [0.2, 0.25) is 0 Å². The van der Waals surface area contributed by atoms with Gasteiger partial charge in [0, 0.05) is 0 Å². The van der Waals surface area contributed by atoms with Crippen molar-refractivity contribution < 1.29 is 28.4 Å². The van der Waals surface area contributed by atoms with Crippen LogP contribution in [-0.2, 0) is 14.3 Å². The fraction of sp³-hybridized carbons (Fsp3) is 0.240. The third-order valence-electron chi connectivity index (χ3n) is 5.59. The summed E-state index contributed by atoms with van der Waals surface area (Å²) in [6.45, 7) is 2.56. The Labute approximate surface area is 217 Å². The first-order valence-corrected chi connectivity index (χ1v) is 12.6. The predicted molar refractivity (Wildman–Crippen MR) is 139 cm³/mol. The smallest absolute Gasteiger partial charge is 0.305 e. The van der Waals surface area contributed by atoms with Crippen molar-refractivity contribution in [3.63, 3.8) is 0 Å². The van der Waals surface area contributed by atoms with Gasteiger partial charge in [0.25, 0.3) is 12.1 Å². The molecule has 2 aliphatic rings. The van der Waals surface area contributed by atoms with Crippen LogP contribution < -0.4 is 24.8 Å². The number of hydrogen-bond donors (Lipinski definition) is 1. The SMILES string of the molecule is COc1ccc(/C=C2/N=C(SCC(=O)Nc3c[n+](N4CCOCC4)no3)N(c3ccccc3)C2=O)cc1. The lowest BCUT2D eigenvalue weighted by Gasteiger charge is -2.18. The highest BCUT2D eigenvalue weighted by molar-refractivity contribution is 8.14. The van der Waals surface area contributed by atoms with Gasteiger partial charge in [0.1, 0.15) is 11.4 Å². The molecule has 12 heteroatoms. The fourth-order valence-electron chi connectivity index (χ4n) is 3.74. The second-order valence-corrected chi connectivity index (χ2v) is 9.01. The number of rotatable bonds is 7. The van der Waals surface area contributed by atoms with Gasteiger partial charge in [0.2, 0.25) is 11.2 Å². The van der Waals surface area contributed by atoms with E-state index in [1.165, 1.54) is 4.90 Å². The Morgan fingerprint density at radius 3 is 2.65 bits per heavy atom. The molecule has 0 bridgehead atoms. The lowest BCUT2D eigenvalue weighted by atomic mass is 10.2. The Bertz CT molecular complexity index is 1320. The number of morpholine rings is 1. The summed E-state index contributed by atoms with van der Waals surface area (Å²) in [4.78, 5) is 33.6. The Balaban J connectivity index is 1.29. The van der Waals surface area contributed by atoms with Crippen molar-refractivity contribution in [1.29, 1.82) is 0 Å². The van der Waals surface area contributed by atoms with E-state index in [9.17, 15) is 9.59 Å². The average molecular weight is 522 g/mol. The zero-order valence-electron chi connectivity index (χ0n) is 20.1. The Kier molecular flexibility index (Phi) is 7.47. The molecular weight excluding hydrogens is 496 g/mol. The summed E-state index contributed by atoms with van der Waals surface area (Å²) in [5, 5.41) is 9.01. The van der Waals surface area contributed by atoms with Crippen molar-refractivity contribution in [3.8, 4) is 5.75 Å². The maximum absolute atomic E-state index is 13.3. The molecule has 2 amide bonds. The van der Waals surface area contributed by atoms with E-state index in [0.29, 0.717) is 37.2 Å². The third-order valence-corrected chi connectivity index (χ3v) is 6.53. The molecule has 1 saturated heterocycles. The molecule has 3 heterocycles. The topological polar surface area (TPSA) is 113 Å². The first-order chi connectivity index (χ1) is 18.1. The van der Waals surface area contributed by atoms with Crippen molar-refractivity contribution in [2.75, 3.05) is 54.4 Å². The fourth-order valence-corrected chi connectivity index (χ4v) is 4.56. The first kappa shape index (κ1) is 24.5. The number of hydrogen-bond acceptors (Lipinski definition) is 9. The number of amidine groups is 1. The van der Waals surface area contributed by atoms with Gasteiger partial charge in [-0.25, -0.2) is 4.99 Å². The minimum atomic E-state index is -0.314. The maximum Gasteiger partial charge on any atom is 0.305 e. The van der Waals surface area contributed by atoms with E-state index in [4.69, 9.17) is 14.0 Å². The number of methoxy groups -OCH3 is 1. The second-order valence-electron chi connectivity index (χ2n) is 8.06. The lowest BCUT2D eigenvalue weighted by molar-refractivity contribution is -0.759. The molecule has 2 aliphatic heterocycles. The highest BCUT2D eigenvalue weighted by Crippen LogP contribution is 2.29. The van der Waals surface area contributed by atoms with Gasteiger partial charge in [-0.2, -0.15) is 0 Å². The minimum Gasteiger partial charge on any atom is -0.497 e. The summed E-state index contributed by atoms with van der Waals surface area (Å²) in [5.41, 5.74) is 1.75. The van der Waals surface area contributed by atoms with E-state index in [0.717, 1.165) is 23.1 Å². The van der Waals surface area contributed by atoms with Crippen molar-refractivity contribution in [1.82, 2.24) is 5.27 Å². The van der Waals surface area contributed by atoms with E-state index in [1.807, 2.05) is 59.6 Å². The van der Waals surface area contributed by atoms with Gasteiger partial charge in [0.15, 0.2) is 5.17 Å². The standard InChI is InChI=1S/C25H24N6O5S/c1-34-20-9-7-18(8-10-20)15-21-24(33)31(19-5-3-2-4-6-19)25(26-21)37-17-22(32)27-23-16-30(28-36-23)29-11-13-35-14-12-29/h2-10,15-16H,11-14,17H2,1H3/p+1/b21-15+. The molecule has 1 N–H and O–H groups in total. The van der Waals surface area contributed by atoms with Crippen molar-refractivity contribution in [3.05, 3.63) is 72.1 Å². The molecule has 0 spiro atoms. The molecule has 11 nitrogen and oxygen atoms in total. The van der Waals surface area contributed by atoms with Gasteiger partial charge in [0.05, 0.1) is 49.6 Å². The summed E-state index contributed by atoms with van der Waals surface area (Å²) in [5.74, 6) is 0.377. The molecule has 190 valence electrons. The number of thioether (sulfide) groups is 1. The maximum atomic E-state index is 13.3. The van der Waals surface area contributed by atoms with Crippen LogP contribution in [0.3, 0.4) is 0 Å². The van der Waals surface area contributed by atoms with Crippen LogP contribution in [0.1, 0.15) is 5.56 Å². The average Bonchev–Trinajstić information content (AvgIpc) is 3.53. The molecule has 37 heavy (non-hydrogen) atoms. The number of aromatic nitrogens is 2. The molecule has 0 aliphatic carbocycles. The normalized spacial score (nSPS) is 16.7. The Morgan fingerprint density at radius 2 is 1.92 bits per heavy atom. The predicted octanol–water partition coefficient (Wildman–Crippen LogP) is 2.05. The van der Waals surface area contributed by atoms with Crippen LogP contribution in [-0.4, -0.2) is 61.4 Å². The van der Waals surface area contributed by atoms with E-state index in [2.05, 4.69) is 15.6 Å². The van der Waals surface area contributed by atoms with Crippen LogP contribution in [0.4, 0.5) is 11.6 Å². The summed E-state index contributed by atoms with van der Waals surface area (Å²) in [7, 11) is 1.60. The van der Waals surface area contributed by atoms with E-state index in [-0.39, 0.29) is 29.1 Å². The largest absolute Gasteiger partial charge is 0.497 e. The quantitative estimate of drug-likeness (QED) is 0.371. The second kappa shape index (κ2) is 11.3. The molecule has 3 aromatic rings. The number of aliphatic imine (C=N–C) groups is 1. The molecule has 5 rings (SSSR count). The van der Waals surface area contributed by atoms with Gasteiger partial charge in [-0.3, -0.25) is 24.3 Å². The molecule has 0 saturated carbocycles. The summed E-state index contributed by atoms with van der Waals surface area (Å²) in [6.07, 6.45) is 3.32. The van der Waals surface area contributed by atoms with Gasteiger partial charge >= 0.3 is 5.88 Å². The van der Waals surface area contributed by atoms with Crippen LogP contribution in [0.15, 0.2) is 76.0 Å². The molecular formula is C25H25N6O5S+. The van der Waals surface area contributed by atoms with Crippen LogP contribution >= 0.6 is 11.8 Å². The number of ether oxygens (including phenoxy) is 2. The number of carbonyl (C=O) groups excluding carboxylic acids is 2. The van der Waals surface area contributed by atoms with Crippen LogP contribution in [0.25, 0.3) is 6.08 Å². The minimum absolute atomic E-state index is 0.0174. The Hall–Kier alpha value is -4.16. The van der Waals surface area contributed by atoms with Gasteiger partial charge < -0.3 is 9.47 Å². The highest BCUT2D eigenvalue weighted by atomic mass is 32.2. The Morgan fingerprint density at radius 1 is 1.16 bits per heavy atom. The van der Waals surface area contributed by atoms with Crippen molar-refractivity contribution in [2.45, 2.75) is 0 Å². The third kappa shape index (κ3) is 5.81. The molecule has 0 radical (unpaired) electrons. The van der Waals surface area contributed by atoms with Crippen molar-refractivity contribution in [2.24, 2.45) is 4.99 Å². The molecule has 1 aromatic heterocycles. The van der Waals surface area contributed by atoms with Gasteiger partial charge in [-0.1, -0.05) is 42.1 Å². The zero-order valence-corrected chi connectivity index (χ0v) is 20.9. The molecule has 2 aromatic carbocycles. The summed E-state index contributed by atoms with van der Waals surface area (Å²) in [6, 6.07) is 16.5. The van der Waals surface area contributed by atoms with E-state index < -0.39 is 0 Å². The number of nitrogens with zero attached hydrogens (tertiary/aromatic N) is 5. The lowest BCUT2D eigenvalue weighted by Crippen LogP contribution is -2.62. The van der Waals surface area contributed by atoms with E-state index >= 15 is 0 Å². The van der Waals surface area contributed by atoms with E-state index in [1.54, 1.807) is 24.2 Å². The number of nitrogens with one attached hydrogen (secondary N) is 1. The van der Waals surface area contributed by atoms with Gasteiger partial charge in [-0.05, 0) is 35.9 Å². The number of benzene rings is 2. The summed E-state index contributed by atoms with van der Waals surface area (Å²) >= 11 is 1.16. The molecule has 0 atom stereocenters. The number of anilines is 2. The number of carbonyl (C=O) groups is 2. The zero-order chi connectivity index (χ0) is 25.6.